The lowest BCUT2D eigenvalue weighted by atomic mass is 9.99. The van der Waals surface area contributed by atoms with Crippen molar-refractivity contribution < 1.29 is 24.3 Å². The molecule has 3 rings (SSSR count). The molecule has 12 nitrogen and oxygen atoms in total. The van der Waals surface area contributed by atoms with Gasteiger partial charge in [0.1, 0.15) is 17.1 Å². The Kier molecular flexibility index (Phi) is 7.25. The average molecular weight is 474 g/mol. The van der Waals surface area contributed by atoms with E-state index < -0.39 is 34.4 Å². The molecule has 162 valence electrons. The molecule has 2 unspecified atom stereocenters. The highest BCUT2D eigenvalue weighted by Crippen LogP contribution is 2.44. The van der Waals surface area contributed by atoms with Gasteiger partial charge in [-0.25, -0.2) is 9.89 Å². The lowest BCUT2D eigenvalue weighted by molar-refractivity contribution is -0.150. The highest BCUT2D eigenvalue weighted by atomic mass is 32.2. The number of rotatable bonds is 10. The van der Waals surface area contributed by atoms with Gasteiger partial charge in [-0.3, -0.25) is 19.3 Å². The minimum Gasteiger partial charge on any atom is -0.477 e. The molecule has 3 amide bonds. The van der Waals surface area contributed by atoms with E-state index in [-0.39, 0.29) is 30.2 Å². The number of carboxylic acids is 1. The predicted octanol–water partition coefficient (Wildman–Crippen LogP) is -0.972. The molecule has 0 saturated carbocycles. The SMILES string of the molecule is CSCC(=O)NC1C(=O)N2C(C(=O)O)=C(C(CCC(N)=O)Sc3nnn[nH]3)CS[C@@H]12. The largest absolute Gasteiger partial charge is 0.477 e. The monoisotopic (exact) mass is 473 g/mol. The van der Waals surface area contributed by atoms with Gasteiger partial charge in [0, 0.05) is 17.4 Å². The van der Waals surface area contributed by atoms with Crippen LogP contribution in [0, 0.1) is 0 Å². The maximum Gasteiger partial charge on any atom is 0.352 e. The molecule has 0 aliphatic carbocycles. The van der Waals surface area contributed by atoms with Gasteiger partial charge < -0.3 is 16.2 Å². The molecule has 1 aromatic rings. The van der Waals surface area contributed by atoms with Crippen LogP contribution in [0.5, 0.6) is 0 Å². The Morgan fingerprint density at radius 3 is 2.83 bits per heavy atom. The quantitative estimate of drug-likeness (QED) is 0.242. The summed E-state index contributed by atoms with van der Waals surface area (Å²) in [6, 6.07) is -0.763. The van der Waals surface area contributed by atoms with Crippen molar-refractivity contribution in [3.63, 3.8) is 0 Å². The minimum absolute atomic E-state index is 0.0328. The number of hydrogen-bond acceptors (Lipinski definition) is 10. The molecule has 3 heterocycles. The molecule has 30 heavy (non-hydrogen) atoms. The summed E-state index contributed by atoms with van der Waals surface area (Å²) in [5.41, 5.74) is 5.62. The zero-order valence-electron chi connectivity index (χ0n) is 15.7. The van der Waals surface area contributed by atoms with E-state index in [2.05, 4.69) is 25.9 Å². The second-order valence-electron chi connectivity index (χ2n) is 6.38. The number of fused-ring (bicyclic) bond motifs is 1. The van der Waals surface area contributed by atoms with Crippen molar-refractivity contribution in [2.75, 3.05) is 17.8 Å². The van der Waals surface area contributed by atoms with Gasteiger partial charge in [-0.2, -0.15) is 11.8 Å². The highest BCUT2D eigenvalue weighted by molar-refractivity contribution is 8.01. The summed E-state index contributed by atoms with van der Waals surface area (Å²) in [5, 5.41) is 25.3. The normalized spacial score (nSPS) is 21.6. The number of carbonyl (C=O) groups excluding carboxylic acids is 3. The first-order valence-corrected chi connectivity index (χ1v) is 12.0. The molecular weight excluding hydrogens is 454 g/mol. The van der Waals surface area contributed by atoms with Crippen LogP contribution in [0.3, 0.4) is 0 Å². The number of aromatic amines is 1. The number of aromatic nitrogens is 4. The number of carbonyl (C=O) groups is 4. The number of tetrazole rings is 1. The van der Waals surface area contributed by atoms with Crippen molar-refractivity contribution >= 4 is 59.0 Å². The first-order valence-electron chi connectivity index (χ1n) is 8.71. The number of primary amides is 1. The summed E-state index contributed by atoms with van der Waals surface area (Å²) < 4.78 is 0. The number of H-pyrrole nitrogens is 1. The lowest BCUT2D eigenvalue weighted by Crippen LogP contribution is -2.70. The molecule has 0 radical (unpaired) electrons. The van der Waals surface area contributed by atoms with Crippen LogP contribution >= 0.6 is 35.3 Å². The maximum atomic E-state index is 12.7. The van der Waals surface area contributed by atoms with Crippen molar-refractivity contribution in [3.8, 4) is 0 Å². The Balaban J connectivity index is 1.87. The topological polar surface area (TPSA) is 184 Å². The van der Waals surface area contributed by atoms with E-state index in [1.165, 1.54) is 40.2 Å². The van der Waals surface area contributed by atoms with Crippen LogP contribution in [-0.2, 0) is 19.2 Å². The predicted molar refractivity (Wildman–Crippen MR) is 110 cm³/mol. The Hall–Kier alpha value is -2.26. The van der Waals surface area contributed by atoms with Gasteiger partial charge in [0.2, 0.25) is 17.0 Å². The summed E-state index contributed by atoms with van der Waals surface area (Å²) in [6.07, 6.45) is 2.06. The standard InChI is InChI=1S/C15H19N7O5S3/c1-28-5-9(24)17-10-12(25)22-11(14(26)27)6(4-29-13(10)22)7(2-3-8(16)23)30-15-18-20-21-19-15/h7,10,13H,2-5H2,1H3,(H2,16,23)(H,17,24)(H,26,27)(H,18,19,20,21)/t7?,10?,13-/m0/s1. The Bertz CT molecular complexity index is 878. The number of hydrogen-bond donors (Lipinski definition) is 4. The van der Waals surface area contributed by atoms with Crippen molar-refractivity contribution in [1.82, 2.24) is 30.8 Å². The fraction of sp³-hybridized carbons (Fsp3) is 0.533. The van der Waals surface area contributed by atoms with Crippen molar-refractivity contribution in [2.24, 2.45) is 5.73 Å². The highest BCUT2D eigenvalue weighted by Gasteiger charge is 2.54. The molecule has 0 spiro atoms. The van der Waals surface area contributed by atoms with Crippen LogP contribution in [0.2, 0.25) is 0 Å². The van der Waals surface area contributed by atoms with Gasteiger partial charge in [-0.05, 0) is 28.7 Å². The third kappa shape index (κ3) is 4.73. The summed E-state index contributed by atoms with van der Waals surface area (Å²) in [7, 11) is 0. The van der Waals surface area contributed by atoms with Gasteiger partial charge >= 0.3 is 5.97 Å². The van der Waals surface area contributed by atoms with E-state index in [9.17, 15) is 24.3 Å². The van der Waals surface area contributed by atoms with Gasteiger partial charge in [-0.1, -0.05) is 11.8 Å². The van der Waals surface area contributed by atoms with Crippen LogP contribution in [-0.4, -0.2) is 88.7 Å². The molecule has 5 N–H and O–H groups in total. The number of nitrogens with zero attached hydrogens (tertiary/aromatic N) is 4. The number of β-lactam (4-membered cyclic amide) rings is 1. The number of thioether (sulfide) groups is 3. The van der Waals surface area contributed by atoms with E-state index in [1.54, 1.807) is 6.26 Å². The Labute approximate surface area is 183 Å². The van der Waals surface area contributed by atoms with Crippen LogP contribution < -0.4 is 11.1 Å². The van der Waals surface area contributed by atoms with Crippen LogP contribution in [0.15, 0.2) is 16.4 Å². The van der Waals surface area contributed by atoms with Crippen LogP contribution in [0.25, 0.3) is 0 Å². The zero-order chi connectivity index (χ0) is 21.8. The van der Waals surface area contributed by atoms with Gasteiger partial charge in [0.25, 0.3) is 5.91 Å². The van der Waals surface area contributed by atoms with E-state index >= 15 is 0 Å². The maximum absolute atomic E-state index is 12.7. The molecule has 2 aliphatic heterocycles. The smallest absolute Gasteiger partial charge is 0.352 e. The number of nitrogens with one attached hydrogen (secondary N) is 2. The van der Waals surface area contributed by atoms with Gasteiger partial charge in [0.15, 0.2) is 0 Å². The van der Waals surface area contributed by atoms with Gasteiger partial charge in [-0.15, -0.1) is 16.9 Å². The van der Waals surface area contributed by atoms with Crippen molar-refractivity contribution in [1.29, 1.82) is 0 Å². The second kappa shape index (κ2) is 9.70. The molecule has 3 atom stereocenters. The molecule has 0 aromatic carbocycles. The van der Waals surface area contributed by atoms with E-state index in [1.807, 2.05) is 0 Å². The lowest BCUT2D eigenvalue weighted by Gasteiger charge is -2.50. The van der Waals surface area contributed by atoms with Crippen molar-refractivity contribution in [3.05, 3.63) is 11.3 Å². The summed E-state index contributed by atoms with van der Waals surface area (Å²) in [6.45, 7) is 0. The van der Waals surface area contributed by atoms with E-state index in [4.69, 9.17) is 5.73 Å². The van der Waals surface area contributed by atoms with E-state index in [0.29, 0.717) is 16.5 Å². The van der Waals surface area contributed by atoms with Crippen LogP contribution in [0.1, 0.15) is 12.8 Å². The first kappa shape index (κ1) is 22.4. The summed E-state index contributed by atoms with van der Waals surface area (Å²) in [5.74, 6) is -2.00. The molecule has 15 heteroatoms. The molecular formula is C15H19N7O5S3. The van der Waals surface area contributed by atoms with E-state index in [0.717, 1.165) is 0 Å². The number of amides is 3. The fourth-order valence-electron chi connectivity index (χ4n) is 3.15. The fourth-order valence-corrected chi connectivity index (χ4v) is 6.04. The molecule has 0 bridgehead atoms. The number of aliphatic carboxylic acids is 1. The molecule has 1 fully saturated rings. The van der Waals surface area contributed by atoms with Crippen molar-refractivity contribution in [2.45, 2.75) is 34.7 Å². The Morgan fingerprint density at radius 2 is 2.23 bits per heavy atom. The molecule has 1 aromatic heterocycles. The third-order valence-corrected chi connectivity index (χ3v) is 7.47. The van der Waals surface area contributed by atoms with Gasteiger partial charge in [0.05, 0.1) is 5.75 Å². The third-order valence-electron chi connectivity index (χ3n) is 4.41. The number of carboxylic acid groups (broad SMARTS) is 1. The summed E-state index contributed by atoms with van der Waals surface area (Å²) >= 11 is 3.86. The first-order chi connectivity index (χ1) is 14.3. The number of nitrogens with two attached hydrogens (primary N) is 1. The van der Waals surface area contributed by atoms with Crippen LogP contribution in [0.4, 0.5) is 0 Å². The minimum atomic E-state index is -1.25. The second-order valence-corrected chi connectivity index (χ2v) is 9.55. The molecule has 2 aliphatic rings. The Morgan fingerprint density at radius 1 is 1.47 bits per heavy atom. The average Bonchev–Trinajstić information content (AvgIpc) is 3.21. The zero-order valence-corrected chi connectivity index (χ0v) is 18.2. The summed E-state index contributed by atoms with van der Waals surface area (Å²) in [4.78, 5) is 49.1. The molecule has 1 saturated heterocycles.